The molecule has 3 rings (SSSR count). The van der Waals surface area contributed by atoms with Gasteiger partial charge in [-0.1, -0.05) is 18.0 Å². The van der Waals surface area contributed by atoms with Crippen LogP contribution in [0.1, 0.15) is 45.8 Å². The average Bonchev–Trinajstić information content (AvgIpc) is 3.23. The van der Waals surface area contributed by atoms with Crippen LogP contribution in [0, 0.1) is 30.3 Å². The number of hydrogen-bond donors (Lipinski definition) is 3. The smallest absolute Gasteiger partial charge is 0.294 e. The maximum Gasteiger partial charge on any atom is 0.294 e. The molecule has 1 unspecified atom stereocenters. The summed E-state index contributed by atoms with van der Waals surface area (Å²) in [5.41, 5.74) is -0.554. The van der Waals surface area contributed by atoms with Crippen molar-refractivity contribution in [3.63, 3.8) is 0 Å². The number of Topliss-reactive ketones (excluding diaryl/α,β-unsaturated/α-hetero) is 1. The largest absolute Gasteiger partial charge is 0.393 e. The zero-order chi connectivity index (χ0) is 23.7. The highest BCUT2D eigenvalue weighted by Gasteiger charge is 2.31. The number of aliphatic hydroxyl groups excluding tert-OH is 1. The Labute approximate surface area is 186 Å². The number of anilines is 1. The Morgan fingerprint density at radius 2 is 1.81 bits per heavy atom. The Hall–Kier alpha value is -2.85. The summed E-state index contributed by atoms with van der Waals surface area (Å²) in [5, 5.41) is 14.2. The van der Waals surface area contributed by atoms with E-state index in [4.69, 9.17) is 11.6 Å². The minimum Gasteiger partial charge on any atom is -0.393 e. The Balaban J connectivity index is 1.80. The molecule has 0 radical (unpaired) electrons. The predicted molar refractivity (Wildman–Crippen MR) is 110 cm³/mol. The molecule has 11 heteroatoms. The molecule has 1 saturated carbocycles. The van der Waals surface area contributed by atoms with E-state index in [2.05, 4.69) is 10.6 Å². The molecule has 1 aromatic heterocycles. The van der Waals surface area contributed by atoms with Crippen LogP contribution in [0.15, 0.2) is 12.1 Å². The van der Waals surface area contributed by atoms with Crippen molar-refractivity contribution in [3.8, 4) is 0 Å². The molecule has 1 aromatic carbocycles. The van der Waals surface area contributed by atoms with Crippen LogP contribution in [0.4, 0.5) is 18.9 Å². The number of halogens is 4. The normalized spacial score (nSPS) is 18.0. The third-order valence-electron chi connectivity index (χ3n) is 5.66. The first-order chi connectivity index (χ1) is 15.0. The minimum atomic E-state index is -1.68. The monoisotopic (exact) mass is 471 g/mol. The van der Waals surface area contributed by atoms with Crippen molar-refractivity contribution in [2.75, 3.05) is 11.9 Å². The summed E-state index contributed by atoms with van der Waals surface area (Å²) in [6.07, 6.45) is 1.66. The van der Waals surface area contributed by atoms with Gasteiger partial charge in [0.25, 0.3) is 17.6 Å². The lowest BCUT2D eigenvalue weighted by Gasteiger charge is -2.14. The summed E-state index contributed by atoms with van der Waals surface area (Å²) in [4.78, 5) is 37.7. The zero-order valence-electron chi connectivity index (χ0n) is 17.3. The molecule has 2 amide bonds. The summed E-state index contributed by atoms with van der Waals surface area (Å²) in [6, 6.07) is 1.19. The number of ketones is 1. The lowest BCUT2D eigenvalue weighted by molar-refractivity contribution is -0.117. The Morgan fingerprint density at radius 1 is 1.19 bits per heavy atom. The minimum absolute atomic E-state index is 0.127. The summed E-state index contributed by atoms with van der Waals surface area (Å²) in [7, 11) is 1.43. The molecule has 3 N–H and O–H groups in total. The standard InChI is InChI=1S/C21H21ClF3N3O4/c1-9-15(20(31)27-11-6-12(23)17(25)13(24)7-11)16(22)18(28(9)2)19(30)21(32)26-8-10-4-3-5-14(10)29/h6-7,10,14,29H,3-5,8H2,1-2H3,(H,26,32)(H,27,31)/t10?,14-/m0/s1. The third kappa shape index (κ3) is 4.51. The first-order valence-electron chi connectivity index (χ1n) is 9.84. The van der Waals surface area contributed by atoms with E-state index >= 15 is 0 Å². The van der Waals surface area contributed by atoms with Crippen LogP contribution in [-0.4, -0.2) is 39.9 Å². The van der Waals surface area contributed by atoms with E-state index in [9.17, 15) is 32.7 Å². The second-order valence-corrected chi connectivity index (χ2v) is 8.07. The molecule has 1 heterocycles. The van der Waals surface area contributed by atoms with Gasteiger partial charge in [0.05, 0.1) is 16.7 Å². The molecule has 1 aliphatic carbocycles. The molecule has 7 nitrogen and oxygen atoms in total. The van der Waals surface area contributed by atoms with Crippen LogP contribution >= 0.6 is 11.6 Å². The number of carbonyl (C=O) groups excluding carboxylic acids is 3. The molecule has 172 valence electrons. The highest BCUT2D eigenvalue weighted by atomic mass is 35.5. The number of aromatic nitrogens is 1. The topological polar surface area (TPSA) is 100 Å². The maximum absolute atomic E-state index is 13.4. The van der Waals surface area contributed by atoms with Gasteiger partial charge in [-0.05, 0) is 19.8 Å². The van der Waals surface area contributed by atoms with Crippen molar-refractivity contribution in [3.05, 3.63) is 51.6 Å². The maximum atomic E-state index is 13.4. The van der Waals surface area contributed by atoms with E-state index in [1.807, 2.05) is 0 Å². The van der Waals surface area contributed by atoms with Crippen molar-refractivity contribution in [1.29, 1.82) is 0 Å². The number of hydrogen-bond acceptors (Lipinski definition) is 4. The summed E-state index contributed by atoms with van der Waals surface area (Å²) in [6.45, 7) is 1.60. The lowest BCUT2D eigenvalue weighted by atomic mass is 10.1. The van der Waals surface area contributed by atoms with Crippen LogP contribution in [-0.2, 0) is 11.8 Å². The lowest BCUT2D eigenvalue weighted by Crippen LogP contribution is -2.37. The highest BCUT2D eigenvalue weighted by Crippen LogP contribution is 2.29. The Kier molecular flexibility index (Phi) is 6.94. The molecule has 2 atom stereocenters. The van der Waals surface area contributed by atoms with Crippen LogP contribution in [0.5, 0.6) is 0 Å². The molecule has 1 aliphatic rings. The van der Waals surface area contributed by atoms with Gasteiger partial charge in [-0.15, -0.1) is 0 Å². The number of amides is 2. The van der Waals surface area contributed by atoms with Crippen molar-refractivity contribution in [2.45, 2.75) is 32.3 Å². The quantitative estimate of drug-likeness (QED) is 0.342. The molecule has 0 spiro atoms. The van der Waals surface area contributed by atoms with Gasteiger partial charge in [0.15, 0.2) is 17.5 Å². The van der Waals surface area contributed by atoms with Gasteiger partial charge >= 0.3 is 0 Å². The molecule has 0 bridgehead atoms. The van der Waals surface area contributed by atoms with Gasteiger partial charge in [0, 0.05) is 43.0 Å². The fourth-order valence-electron chi connectivity index (χ4n) is 3.76. The van der Waals surface area contributed by atoms with Crippen molar-refractivity contribution < 1.29 is 32.7 Å². The van der Waals surface area contributed by atoms with E-state index in [-0.39, 0.29) is 40.1 Å². The fraction of sp³-hybridized carbons (Fsp3) is 0.381. The van der Waals surface area contributed by atoms with Gasteiger partial charge in [0.1, 0.15) is 5.69 Å². The first-order valence-corrected chi connectivity index (χ1v) is 10.2. The van der Waals surface area contributed by atoms with Crippen LogP contribution in [0.25, 0.3) is 0 Å². The van der Waals surface area contributed by atoms with Crippen LogP contribution < -0.4 is 10.6 Å². The van der Waals surface area contributed by atoms with E-state index in [0.717, 1.165) is 12.8 Å². The zero-order valence-corrected chi connectivity index (χ0v) is 18.0. The van der Waals surface area contributed by atoms with Gasteiger partial charge in [-0.2, -0.15) is 0 Å². The predicted octanol–water partition coefficient (Wildman–Crippen LogP) is 3.12. The Morgan fingerprint density at radius 3 is 2.38 bits per heavy atom. The first kappa shape index (κ1) is 23.8. The SMILES string of the molecule is Cc1c(C(=O)Nc2cc(F)c(F)c(F)c2)c(Cl)c(C(=O)C(=O)NCC2CCC[C@@H]2O)n1C. The summed E-state index contributed by atoms with van der Waals surface area (Å²) >= 11 is 6.24. The molecular weight excluding hydrogens is 451 g/mol. The molecular formula is C21H21ClF3N3O4. The Bertz CT molecular complexity index is 1080. The van der Waals surface area contributed by atoms with Crippen molar-refractivity contribution in [1.82, 2.24) is 9.88 Å². The second-order valence-electron chi connectivity index (χ2n) is 7.69. The van der Waals surface area contributed by atoms with Gasteiger partial charge in [-0.3, -0.25) is 14.4 Å². The van der Waals surface area contributed by atoms with Gasteiger partial charge < -0.3 is 20.3 Å². The van der Waals surface area contributed by atoms with Crippen molar-refractivity contribution >= 4 is 34.9 Å². The third-order valence-corrected chi connectivity index (χ3v) is 6.03. The number of aliphatic hydroxyl groups is 1. The molecule has 1 fully saturated rings. The molecule has 32 heavy (non-hydrogen) atoms. The fourth-order valence-corrected chi connectivity index (χ4v) is 4.20. The number of nitrogens with one attached hydrogen (secondary N) is 2. The van der Waals surface area contributed by atoms with Gasteiger partial charge in [-0.25, -0.2) is 13.2 Å². The van der Waals surface area contributed by atoms with E-state index < -0.39 is 41.2 Å². The van der Waals surface area contributed by atoms with E-state index in [0.29, 0.717) is 18.6 Å². The van der Waals surface area contributed by atoms with E-state index in [1.54, 1.807) is 0 Å². The number of nitrogens with zero attached hydrogens (tertiary/aromatic N) is 1. The number of rotatable bonds is 6. The van der Waals surface area contributed by atoms with Crippen LogP contribution in [0.2, 0.25) is 5.02 Å². The second kappa shape index (κ2) is 9.33. The molecule has 0 saturated heterocycles. The summed E-state index contributed by atoms with van der Waals surface area (Å²) in [5.74, 6) is -7.63. The van der Waals surface area contributed by atoms with Crippen molar-refractivity contribution in [2.24, 2.45) is 13.0 Å². The van der Waals surface area contributed by atoms with Gasteiger partial charge in [0.2, 0.25) is 0 Å². The number of carbonyl (C=O) groups is 3. The number of benzene rings is 1. The summed E-state index contributed by atoms with van der Waals surface area (Å²) < 4.78 is 41.2. The molecule has 0 aliphatic heterocycles. The molecule has 2 aromatic rings. The average molecular weight is 472 g/mol. The van der Waals surface area contributed by atoms with E-state index in [1.165, 1.54) is 18.5 Å². The highest BCUT2D eigenvalue weighted by molar-refractivity contribution is 6.48. The van der Waals surface area contributed by atoms with Crippen LogP contribution in [0.3, 0.4) is 0 Å².